The standard InChI is InChI=1S/C38H36FNO2S/c1-3-14-32(33(39)4-2)36(37(41)27-21-22-27)40-24-23-34-28(26-40)25-35(43-34)42-38(29-15-8-5-9-16-29,30-17-10-6-11-18-30)31-19-12-7-13-20-31/h3-20,25,27,36H,2,21-24,26H2,1H3/b14-3-,33-32-. The molecule has 218 valence electrons. The van der Waals surface area contributed by atoms with E-state index in [1.165, 1.54) is 11.0 Å². The molecule has 1 fully saturated rings. The molecule has 3 aromatic carbocycles. The molecule has 0 N–H and O–H groups in total. The van der Waals surface area contributed by atoms with Gasteiger partial charge in [-0.2, -0.15) is 0 Å². The van der Waals surface area contributed by atoms with E-state index in [9.17, 15) is 4.79 Å². The Hall–Kier alpha value is -4.06. The average molecular weight is 590 g/mol. The Morgan fingerprint density at radius 3 is 2.02 bits per heavy atom. The maximum Gasteiger partial charge on any atom is 0.185 e. The third kappa shape index (κ3) is 5.80. The van der Waals surface area contributed by atoms with Crippen molar-refractivity contribution in [1.29, 1.82) is 0 Å². The van der Waals surface area contributed by atoms with E-state index in [0.717, 1.165) is 46.6 Å². The summed E-state index contributed by atoms with van der Waals surface area (Å²) in [5.74, 6) is -0.319. The molecule has 0 radical (unpaired) electrons. The van der Waals surface area contributed by atoms with E-state index in [-0.39, 0.29) is 11.7 Å². The number of benzene rings is 3. The van der Waals surface area contributed by atoms with Gasteiger partial charge < -0.3 is 4.74 Å². The fourth-order valence-corrected chi connectivity index (χ4v) is 7.22. The van der Waals surface area contributed by atoms with Gasteiger partial charge in [-0.1, -0.05) is 110 Å². The van der Waals surface area contributed by atoms with Gasteiger partial charge in [0.25, 0.3) is 0 Å². The Morgan fingerprint density at radius 2 is 1.53 bits per heavy atom. The van der Waals surface area contributed by atoms with Crippen molar-refractivity contribution in [3.63, 3.8) is 0 Å². The average Bonchev–Trinajstić information content (AvgIpc) is 3.84. The van der Waals surface area contributed by atoms with Crippen LogP contribution in [0.3, 0.4) is 0 Å². The zero-order chi connectivity index (χ0) is 29.8. The molecule has 1 aliphatic heterocycles. The maximum absolute atomic E-state index is 15.1. The third-order valence-electron chi connectivity index (χ3n) is 8.38. The molecule has 1 unspecified atom stereocenters. The fourth-order valence-electron chi connectivity index (χ4n) is 6.16. The smallest absolute Gasteiger partial charge is 0.185 e. The van der Waals surface area contributed by atoms with Gasteiger partial charge in [0.2, 0.25) is 0 Å². The van der Waals surface area contributed by atoms with Crippen molar-refractivity contribution in [3.8, 4) is 5.06 Å². The van der Waals surface area contributed by atoms with Crippen molar-refractivity contribution in [1.82, 2.24) is 4.90 Å². The zero-order valence-electron chi connectivity index (χ0n) is 24.4. The van der Waals surface area contributed by atoms with Gasteiger partial charge in [-0.05, 0) is 43.9 Å². The number of rotatable bonds is 11. The van der Waals surface area contributed by atoms with Crippen LogP contribution in [0.15, 0.2) is 133 Å². The number of Topliss-reactive ketones (excluding diaryl/α,β-unsaturated/α-hetero) is 1. The van der Waals surface area contributed by atoms with Gasteiger partial charge >= 0.3 is 0 Å². The normalized spacial score (nSPS) is 16.8. The highest BCUT2D eigenvalue weighted by Gasteiger charge is 2.42. The van der Waals surface area contributed by atoms with Gasteiger partial charge in [0.15, 0.2) is 16.4 Å². The number of halogens is 1. The Kier molecular flexibility index (Phi) is 8.55. The number of ether oxygens (including phenoxy) is 1. The van der Waals surface area contributed by atoms with E-state index in [2.05, 4.69) is 53.9 Å². The lowest BCUT2D eigenvalue weighted by molar-refractivity contribution is -0.124. The summed E-state index contributed by atoms with van der Waals surface area (Å²) in [6.45, 7) is 6.72. The Labute approximate surface area is 257 Å². The summed E-state index contributed by atoms with van der Waals surface area (Å²) in [6, 6.07) is 32.5. The first-order valence-corrected chi connectivity index (χ1v) is 15.8. The fraction of sp³-hybridized carbons (Fsp3) is 0.237. The minimum Gasteiger partial charge on any atom is -0.463 e. The van der Waals surface area contributed by atoms with E-state index in [1.54, 1.807) is 23.5 Å². The van der Waals surface area contributed by atoms with Crippen molar-refractivity contribution >= 4 is 17.1 Å². The molecule has 6 rings (SSSR count). The number of carbonyl (C=O) groups is 1. The van der Waals surface area contributed by atoms with Gasteiger partial charge in [0.1, 0.15) is 5.83 Å². The number of thiophene rings is 1. The van der Waals surface area contributed by atoms with Crippen LogP contribution in [0.1, 0.15) is 46.9 Å². The predicted octanol–water partition coefficient (Wildman–Crippen LogP) is 8.81. The van der Waals surface area contributed by atoms with Crippen LogP contribution < -0.4 is 4.74 Å². The van der Waals surface area contributed by atoms with Crippen molar-refractivity contribution in [2.75, 3.05) is 6.54 Å². The SMILES string of the molecule is C=C/C(F)=C(\C=C/C)C(C(=O)C1CC1)N1CCc2sc(OC(c3ccccc3)(c3ccccc3)c3ccccc3)cc2C1. The first-order valence-electron chi connectivity index (χ1n) is 14.9. The lowest BCUT2D eigenvalue weighted by atomic mass is 9.80. The predicted molar refractivity (Wildman–Crippen MR) is 173 cm³/mol. The van der Waals surface area contributed by atoms with E-state index in [0.29, 0.717) is 18.7 Å². The lowest BCUT2D eigenvalue weighted by Gasteiger charge is -2.35. The van der Waals surface area contributed by atoms with Gasteiger partial charge in [-0.25, -0.2) is 4.39 Å². The van der Waals surface area contributed by atoms with Crippen molar-refractivity contribution in [3.05, 3.63) is 160 Å². The van der Waals surface area contributed by atoms with Crippen molar-refractivity contribution < 1.29 is 13.9 Å². The van der Waals surface area contributed by atoms with Crippen LogP contribution >= 0.6 is 11.3 Å². The van der Waals surface area contributed by atoms with Gasteiger partial charge in [-0.15, -0.1) is 11.3 Å². The Morgan fingerprint density at radius 1 is 0.977 bits per heavy atom. The molecule has 2 aliphatic rings. The van der Waals surface area contributed by atoms with Crippen LogP contribution in [-0.4, -0.2) is 23.3 Å². The quantitative estimate of drug-likeness (QED) is 0.129. The molecule has 5 heteroatoms. The van der Waals surface area contributed by atoms with Crippen LogP contribution in [0.5, 0.6) is 5.06 Å². The molecule has 1 saturated carbocycles. The first-order chi connectivity index (χ1) is 21.0. The minimum absolute atomic E-state index is 0.00821. The molecular formula is C38H36FNO2S. The molecule has 1 aromatic heterocycles. The topological polar surface area (TPSA) is 29.5 Å². The minimum atomic E-state index is -0.865. The molecule has 4 aromatic rings. The van der Waals surface area contributed by atoms with Crippen LogP contribution in [0.4, 0.5) is 4.39 Å². The van der Waals surface area contributed by atoms with Crippen LogP contribution in [0, 0.1) is 5.92 Å². The lowest BCUT2D eigenvalue weighted by Crippen LogP contribution is -2.45. The largest absolute Gasteiger partial charge is 0.463 e. The van der Waals surface area contributed by atoms with Crippen LogP contribution in [0.25, 0.3) is 0 Å². The number of fused-ring (bicyclic) bond motifs is 1. The first kappa shape index (κ1) is 29.0. The maximum atomic E-state index is 15.1. The highest BCUT2D eigenvalue weighted by molar-refractivity contribution is 7.14. The third-order valence-corrected chi connectivity index (χ3v) is 9.49. The zero-order valence-corrected chi connectivity index (χ0v) is 25.2. The second-order valence-electron chi connectivity index (χ2n) is 11.2. The second kappa shape index (κ2) is 12.7. The molecule has 0 amide bonds. The summed E-state index contributed by atoms with van der Waals surface area (Å²) in [5.41, 5.74) is 3.78. The Bertz CT molecular complexity index is 1540. The highest BCUT2D eigenvalue weighted by Crippen LogP contribution is 2.45. The van der Waals surface area contributed by atoms with Gasteiger partial charge in [-0.3, -0.25) is 9.69 Å². The second-order valence-corrected chi connectivity index (χ2v) is 12.3. The monoisotopic (exact) mass is 589 g/mol. The molecule has 1 aliphatic carbocycles. The summed E-state index contributed by atoms with van der Waals surface area (Å²) in [7, 11) is 0. The number of hydrogen-bond donors (Lipinski definition) is 0. The number of ketones is 1. The summed E-state index contributed by atoms with van der Waals surface area (Å²) in [4.78, 5) is 17.0. The molecule has 0 saturated heterocycles. The van der Waals surface area contributed by atoms with Gasteiger partial charge in [0.05, 0.1) is 6.04 Å². The van der Waals surface area contributed by atoms with Gasteiger partial charge in [0, 0.05) is 46.1 Å². The molecule has 43 heavy (non-hydrogen) atoms. The van der Waals surface area contributed by atoms with Crippen molar-refractivity contribution in [2.24, 2.45) is 5.92 Å². The number of hydrogen-bond acceptors (Lipinski definition) is 4. The molecule has 2 heterocycles. The number of carbonyl (C=O) groups excluding carboxylic acids is 1. The molecule has 1 atom stereocenters. The van der Waals surface area contributed by atoms with Crippen LogP contribution in [-0.2, 0) is 23.4 Å². The summed E-state index contributed by atoms with van der Waals surface area (Å²) in [6.07, 6.45) is 7.27. The molecule has 0 spiro atoms. The summed E-state index contributed by atoms with van der Waals surface area (Å²) < 4.78 is 22.3. The van der Waals surface area contributed by atoms with Crippen LogP contribution in [0.2, 0.25) is 0 Å². The molecule has 3 nitrogen and oxygen atoms in total. The number of allylic oxidation sites excluding steroid dienone is 3. The summed E-state index contributed by atoms with van der Waals surface area (Å²) >= 11 is 1.67. The van der Waals surface area contributed by atoms with E-state index >= 15 is 4.39 Å². The number of nitrogens with zero attached hydrogens (tertiary/aromatic N) is 1. The molecular weight excluding hydrogens is 553 g/mol. The van der Waals surface area contributed by atoms with E-state index in [4.69, 9.17) is 4.74 Å². The summed E-state index contributed by atoms with van der Waals surface area (Å²) in [5, 5.41) is 0.815. The highest BCUT2D eigenvalue weighted by atomic mass is 32.1. The molecule has 0 bridgehead atoms. The Balaban J connectivity index is 1.39. The van der Waals surface area contributed by atoms with E-state index in [1.807, 2.05) is 61.5 Å². The van der Waals surface area contributed by atoms with E-state index < -0.39 is 17.5 Å². The van der Waals surface area contributed by atoms with Crippen molar-refractivity contribution in [2.45, 2.75) is 44.4 Å².